The number of hydrogen-bond acceptors (Lipinski definition) is 5. The highest BCUT2D eigenvalue weighted by Crippen LogP contribution is 2.54. The highest BCUT2D eigenvalue weighted by molar-refractivity contribution is 6.30. The van der Waals surface area contributed by atoms with E-state index in [9.17, 15) is 5.21 Å². The summed E-state index contributed by atoms with van der Waals surface area (Å²) in [4.78, 5) is 0. The van der Waals surface area contributed by atoms with Crippen LogP contribution in [0.15, 0.2) is 30.3 Å². The lowest BCUT2D eigenvalue weighted by atomic mass is 9.90. The molecule has 0 aromatic heterocycles. The van der Waals surface area contributed by atoms with Gasteiger partial charge in [-0.15, -0.1) is 0 Å². The van der Waals surface area contributed by atoms with E-state index in [0.29, 0.717) is 28.7 Å². The van der Waals surface area contributed by atoms with Crippen molar-refractivity contribution < 1.29 is 24.2 Å². The van der Waals surface area contributed by atoms with Crippen molar-refractivity contribution in [2.45, 2.75) is 26.3 Å². The molecule has 0 fully saturated rings. The van der Waals surface area contributed by atoms with E-state index in [1.807, 2.05) is 51.1 Å². The van der Waals surface area contributed by atoms with Gasteiger partial charge >= 0.3 is 0 Å². The van der Waals surface area contributed by atoms with Crippen molar-refractivity contribution in [1.29, 1.82) is 0 Å². The largest absolute Gasteiger partial charge is 0.492 e. The third kappa shape index (κ3) is 2.67. The van der Waals surface area contributed by atoms with Gasteiger partial charge in [-0.3, -0.25) is 0 Å². The van der Waals surface area contributed by atoms with Crippen LogP contribution in [-0.4, -0.2) is 34.0 Å². The highest BCUT2D eigenvalue weighted by Gasteiger charge is 2.28. The van der Waals surface area contributed by atoms with Crippen LogP contribution in [0.2, 0.25) is 0 Å². The second-order valence-electron chi connectivity index (χ2n) is 8.24. The Balaban J connectivity index is 2.33. The van der Waals surface area contributed by atoms with Gasteiger partial charge in [0.15, 0.2) is 23.0 Å². The average Bonchev–Trinajstić information content (AvgIpc) is 2.74. The van der Waals surface area contributed by atoms with Crippen LogP contribution in [-0.2, 0) is 5.21 Å². The number of benzene rings is 4. The Bertz CT molecular complexity index is 1160. The Kier molecular flexibility index (Phi) is 4.70. The molecule has 0 saturated carbocycles. The molecular weight excluding hydrogens is 382 g/mol. The first-order valence-corrected chi connectivity index (χ1v) is 9.73. The summed E-state index contributed by atoms with van der Waals surface area (Å²) >= 11 is 0. The molecule has 1 radical (unpaired) electrons. The molecule has 0 amide bonds. The smallest absolute Gasteiger partial charge is 0.169 e. The van der Waals surface area contributed by atoms with Gasteiger partial charge in [0.2, 0.25) is 0 Å². The summed E-state index contributed by atoms with van der Waals surface area (Å²) in [6.07, 6.45) is 0. The van der Waals surface area contributed by atoms with E-state index in [1.165, 1.54) is 0 Å². The van der Waals surface area contributed by atoms with Gasteiger partial charge in [0.25, 0.3) is 0 Å². The number of hydrogen-bond donors (Lipinski definition) is 0. The monoisotopic (exact) mass is 408 g/mol. The predicted octanol–water partition coefficient (Wildman–Crippen LogP) is 5.57. The molecule has 6 heteroatoms. The van der Waals surface area contributed by atoms with Gasteiger partial charge in [-0.25, -0.2) is 5.06 Å². The third-order valence-corrected chi connectivity index (χ3v) is 5.49. The summed E-state index contributed by atoms with van der Waals surface area (Å²) < 4.78 is 23.1. The van der Waals surface area contributed by atoms with Crippen molar-refractivity contribution in [2.75, 3.05) is 33.5 Å². The zero-order valence-electron chi connectivity index (χ0n) is 18.4. The van der Waals surface area contributed by atoms with Crippen molar-refractivity contribution in [3.8, 4) is 23.0 Å². The van der Waals surface area contributed by atoms with Gasteiger partial charge in [0, 0.05) is 32.3 Å². The van der Waals surface area contributed by atoms with Crippen molar-refractivity contribution in [3.05, 3.63) is 30.3 Å². The normalized spacial score (nSPS) is 12.0. The lowest BCUT2D eigenvalue weighted by Gasteiger charge is -2.30. The Hall–Kier alpha value is -3.12. The van der Waals surface area contributed by atoms with Crippen molar-refractivity contribution >= 4 is 38.0 Å². The number of rotatable bonds is 5. The standard InChI is InChI=1S/C24H26NO5/c1-24(2,3)25(26)13-11-16-19-17(12-13)23(30-7)21(28-5)15-10-8-9-14(18(15)19)20(27-4)22(16)29-6/h8-12H,1-7H3. The first kappa shape index (κ1) is 20.2. The molecule has 157 valence electrons. The fraction of sp³-hybridized carbons (Fsp3) is 0.333. The first-order valence-electron chi connectivity index (χ1n) is 9.73. The van der Waals surface area contributed by atoms with E-state index in [2.05, 4.69) is 0 Å². The van der Waals surface area contributed by atoms with E-state index < -0.39 is 5.54 Å². The minimum atomic E-state index is -0.616. The molecule has 0 atom stereocenters. The molecule has 4 aromatic rings. The van der Waals surface area contributed by atoms with Crippen LogP contribution in [0.3, 0.4) is 0 Å². The Morgan fingerprint density at radius 1 is 0.667 bits per heavy atom. The van der Waals surface area contributed by atoms with Gasteiger partial charge in [-0.2, -0.15) is 0 Å². The maximum Gasteiger partial charge on any atom is 0.169 e. The fourth-order valence-electron chi connectivity index (χ4n) is 4.26. The van der Waals surface area contributed by atoms with Crippen molar-refractivity contribution in [1.82, 2.24) is 0 Å². The van der Waals surface area contributed by atoms with Crippen molar-refractivity contribution in [2.24, 2.45) is 0 Å². The summed E-state index contributed by atoms with van der Waals surface area (Å²) in [7, 11) is 6.46. The van der Waals surface area contributed by atoms with Crippen LogP contribution in [0.1, 0.15) is 20.8 Å². The van der Waals surface area contributed by atoms with Crippen LogP contribution in [0, 0.1) is 0 Å². The van der Waals surface area contributed by atoms with E-state index in [4.69, 9.17) is 18.9 Å². The molecular formula is C24H26NO5. The Morgan fingerprint density at radius 3 is 1.40 bits per heavy atom. The van der Waals surface area contributed by atoms with E-state index in [-0.39, 0.29) is 0 Å². The van der Waals surface area contributed by atoms with Crippen LogP contribution >= 0.6 is 0 Å². The molecule has 0 spiro atoms. The molecule has 4 rings (SSSR count). The van der Waals surface area contributed by atoms with Gasteiger partial charge in [-0.05, 0) is 32.9 Å². The van der Waals surface area contributed by atoms with Crippen LogP contribution in [0.5, 0.6) is 23.0 Å². The summed E-state index contributed by atoms with van der Waals surface area (Å²) in [6.45, 7) is 5.62. The SMILES string of the molecule is COc1c(OC)c2cc(N([O])C(C)(C)C)cc3c(OC)c(OC)c4cccc1c4c23. The van der Waals surface area contributed by atoms with Gasteiger partial charge in [-0.1, -0.05) is 23.4 Å². The van der Waals surface area contributed by atoms with Gasteiger partial charge in [0.1, 0.15) is 0 Å². The molecule has 0 bridgehead atoms. The van der Waals surface area contributed by atoms with Crippen molar-refractivity contribution in [3.63, 3.8) is 0 Å². The number of hydroxylamine groups is 1. The molecule has 0 aliphatic heterocycles. The zero-order valence-corrected chi connectivity index (χ0v) is 18.4. The molecule has 6 nitrogen and oxygen atoms in total. The lowest BCUT2D eigenvalue weighted by molar-refractivity contribution is 0.102. The highest BCUT2D eigenvalue weighted by atomic mass is 16.5. The Labute approximate surface area is 175 Å². The quantitative estimate of drug-likeness (QED) is 0.319. The molecule has 0 aliphatic rings. The summed E-state index contributed by atoms with van der Waals surface area (Å²) in [5, 5.41) is 19.4. The second kappa shape index (κ2) is 6.99. The average molecular weight is 408 g/mol. The summed E-state index contributed by atoms with van der Waals surface area (Å²) in [5.41, 5.74) is -0.107. The maximum atomic E-state index is 13.1. The number of methoxy groups -OCH3 is 4. The molecule has 0 N–H and O–H groups in total. The fourth-order valence-corrected chi connectivity index (χ4v) is 4.26. The van der Waals surface area contributed by atoms with E-state index >= 15 is 0 Å². The number of anilines is 1. The minimum Gasteiger partial charge on any atom is -0.492 e. The van der Waals surface area contributed by atoms with Gasteiger partial charge < -0.3 is 18.9 Å². The summed E-state index contributed by atoms with van der Waals surface area (Å²) in [5.74, 6) is 2.40. The van der Waals surface area contributed by atoms with Crippen LogP contribution in [0.25, 0.3) is 32.3 Å². The maximum absolute atomic E-state index is 13.1. The molecule has 0 heterocycles. The molecule has 0 unspecified atom stereocenters. The zero-order chi connectivity index (χ0) is 21.8. The minimum absolute atomic E-state index is 0.508. The Morgan fingerprint density at radius 2 is 1.03 bits per heavy atom. The molecule has 0 aliphatic carbocycles. The summed E-state index contributed by atoms with van der Waals surface area (Å²) in [6, 6.07) is 9.67. The van der Waals surface area contributed by atoms with Crippen LogP contribution in [0.4, 0.5) is 5.69 Å². The van der Waals surface area contributed by atoms with Crippen LogP contribution < -0.4 is 24.0 Å². The molecule has 30 heavy (non-hydrogen) atoms. The van der Waals surface area contributed by atoms with Gasteiger partial charge in [0.05, 0.1) is 39.7 Å². The number of ether oxygens (including phenoxy) is 4. The van der Waals surface area contributed by atoms with E-state index in [0.717, 1.165) is 37.4 Å². The molecule has 0 saturated heterocycles. The van der Waals surface area contributed by atoms with E-state index in [1.54, 1.807) is 28.4 Å². The third-order valence-electron chi connectivity index (χ3n) is 5.49. The second-order valence-corrected chi connectivity index (χ2v) is 8.24. The first-order chi connectivity index (χ1) is 14.3. The topological polar surface area (TPSA) is 60.1 Å². The number of nitrogens with zero attached hydrogens (tertiary/aromatic N) is 1. The predicted molar refractivity (Wildman–Crippen MR) is 119 cm³/mol. The molecule has 4 aromatic carbocycles. The lowest BCUT2D eigenvalue weighted by Crippen LogP contribution is -2.37.